The number of hydrogen-bond acceptors (Lipinski definition) is 3. The van der Waals surface area contributed by atoms with Crippen LogP contribution in [-0.2, 0) is 6.42 Å². The summed E-state index contributed by atoms with van der Waals surface area (Å²) >= 11 is 7.16. The van der Waals surface area contributed by atoms with E-state index in [9.17, 15) is 0 Å². The normalized spacial score (nSPS) is 20.1. The zero-order valence-electron chi connectivity index (χ0n) is 9.31. The van der Waals surface area contributed by atoms with E-state index in [1.807, 2.05) is 0 Å². The van der Waals surface area contributed by atoms with Gasteiger partial charge in [0.15, 0.2) is 0 Å². The number of nitrogens with one attached hydrogen (secondary N) is 1. The standard InChI is InChI=1S/C11H14Br2N2O/c1-6-5-14-4-3-7-8(6)9(12)10(13)11(15-7)16-2/h6,14H,3-5H2,1-2H3. The third-order valence-corrected chi connectivity index (χ3v) is 4.93. The van der Waals surface area contributed by atoms with Gasteiger partial charge < -0.3 is 10.1 Å². The number of halogens is 2. The predicted octanol–water partition coefficient (Wildman–Crippen LogP) is 2.86. The van der Waals surface area contributed by atoms with E-state index in [-0.39, 0.29) is 0 Å². The molecule has 2 heterocycles. The second kappa shape index (κ2) is 5.02. The van der Waals surface area contributed by atoms with Gasteiger partial charge in [-0.05, 0) is 43.3 Å². The lowest BCUT2D eigenvalue weighted by atomic mass is 9.99. The molecular formula is C11H14Br2N2O. The molecule has 1 aromatic heterocycles. The molecule has 1 aromatic rings. The van der Waals surface area contributed by atoms with Crippen molar-refractivity contribution >= 4 is 31.9 Å². The van der Waals surface area contributed by atoms with E-state index in [0.29, 0.717) is 11.8 Å². The molecule has 0 amide bonds. The monoisotopic (exact) mass is 348 g/mol. The van der Waals surface area contributed by atoms with Crippen LogP contribution in [0.3, 0.4) is 0 Å². The molecule has 1 aliphatic rings. The fourth-order valence-electron chi connectivity index (χ4n) is 2.02. The maximum absolute atomic E-state index is 5.26. The molecule has 16 heavy (non-hydrogen) atoms. The molecule has 0 spiro atoms. The maximum Gasteiger partial charge on any atom is 0.229 e. The Labute approximate surface area is 112 Å². The van der Waals surface area contributed by atoms with Gasteiger partial charge in [-0.2, -0.15) is 0 Å². The molecule has 88 valence electrons. The highest BCUT2D eigenvalue weighted by atomic mass is 79.9. The molecule has 5 heteroatoms. The maximum atomic E-state index is 5.26. The first-order valence-electron chi connectivity index (χ1n) is 5.27. The summed E-state index contributed by atoms with van der Waals surface area (Å²) in [6, 6.07) is 0. The summed E-state index contributed by atoms with van der Waals surface area (Å²) < 4.78 is 7.24. The lowest BCUT2D eigenvalue weighted by Crippen LogP contribution is -2.18. The summed E-state index contributed by atoms with van der Waals surface area (Å²) in [6.07, 6.45) is 0.946. The van der Waals surface area contributed by atoms with Crippen molar-refractivity contribution in [2.45, 2.75) is 19.3 Å². The molecular weight excluding hydrogens is 336 g/mol. The topological polar surface area (TPSA) is 34.1 Å². The number of fused-ring (bicyclic) bond motifs is 1. The predicted molar refractivity (Wildman–Crippen MR) is 71.2 cm³/mol. The van der Waals surface area contributed by atoms with E-state index < -0.39 is 0 Å². The second-order valence-electron chi connectivity index (χ2n) is 3.96. The van der Waals surface area contributed by atoms with Gasteiger partial charge in [0, 0.05) is 24.0 Å². The fourth-order valence-corrected chi connectivity index (χ4v) is 3.28. The van der Waals surface area contributed by atoms with Crippen molar-refractivity contribution in [2.75, 3.05) is 20.2 Å². The number of pyridine rings is 1. The zero-order valence-corrected chi connectivity index (χ0v) is 12.5. The molecule has 0 bridgehead atoms. The molecule has 0 radical (unpaired) electrons. The van der Waals surface area contributed by atoms with Crippen LogP contribution in [-0.4, -0.2) is 25.2 Å². The summed E-state index contributed by atoms with van der Waals surface area (Å²) in [5.74, 6) is 1.11. The van der Waals surface area contributed by atoms with Crippen LogP contribution >= 0.6 is 31.9 Å². The van der Waals surface area contributed by atoms with Crippen LogP contribution in [0.4, 0.5) is 0 Å². The SMILES string of the molecule is COc1nc2c(c(Br)c1Br)C(C)CNCC2. The number of hydrogen-bond donors (Lipinski definition) is 1. The van der Waals surface area contributed by atoms with Crippen LogP contribution in [0.1, 0.15) is 24.1 Å². The van der Waals surface area contributed by atoms with Gasteiger partial charge in [-0.25, -0.2) is 4.98 Å². The minimum atomic E-state index is 0.460. The molecule has 1 atom stereocenters. The zero-order chi connectivity index (χ0) is 11.7. The van der Waals surface area contributed by atoms with Crippen LogP contribution in [0.5, 0.6) is 5.88 Å². The molecule has 0 fully saturated rings. The van der Waals surface area contributed by atoms with E-state index >= 15 is 0 Å². The Kier molecular flexibility index (Phi) is 3.87. The fraction of sp³-hybridized carbons (Fsp3) is 0.545. The number of methoxy groups -OCH3 is 1. The Bertz CT molecular complexity index is 409. The van der Waals surface area contributed by atoms with Crippen LogP contribution in [0.25, 0.3) is 0 Å². The van der Waals surface area contributed by atoms with E-state index in [0.717, 1.165) is 34.1 Å². The van der Waals surface area contributed by atoms with E-state index in [2.05, 4.69) is 49.1 Å². The van der Waals surface area contributed by atoms with Crippen molar-refractivity contribution < 1.29 is 4.74 Å². The quantitative estimate of drug-likeness (QED) is 0.846. The first kappa shape index (κ1) is 12.3. The average molecular weight is 350 g/mol. The van der Waals surface area contributed by atoms with Gasteiger partial charge in [0.2, 0.25) is 5.88 Å². The van der Waals surface area contributed by atoms with E-state index in [1.54, 1.807) is 7.11 Å². The molecule has 1 unspecified atom stereocenters. The van der Waals surface area contributed by atoms with Gasteiger partial charge >= 0.3 is 0 Å². The van der Waals surface area contributed by atoms with Crippen molar-refractivity contribution in [2.24, 2.45) is 0 Å². The Morgan fingerprint density at radius 3 is 2.81 bits per heavy atom. The van der Waals surface area contributed by atoms with E-state index in [1.165, 1.54) is 5.56 Å². The van der Waals surface area contributed by atoms with Crippen molar-refractivity contribution in [1.29, 1.82) is 0 Å². The van der Waals surface area contributed by atoms with Gasteiger partial charge in [0.25, 0.3) is 0 Å². The highest BCUT2D eigenvalue weighted by molar-refractivity contribution is 9.13. The van der Waals surface area contributed by atoms with Gasteiger partial charge in [-0.1, -0.05) is 6.92 Å². The Balaban J connectivity index is 2.59. The molecule has 1 N–H and O–H groups in total. The summed E-state index contributed by atoms with van der Waals surface area (Å²) in [4.78, 5) is 4.56. The van der Waals surface area contributed by atoms with Gasteiger partial charge in [0.05, 0.1) is 17.3 Å². The largest absolute Gasteiger partial charge is 0.480 e. The lowest BCUT2D eigenvalue weighted by molar-refractivity contribution is 0.392. The van der Waals surface area contributed by atoms with Crippen LogP contribution < -0.4 is 10.1 Å². The third-order valence-electron chi connectivity index (χ3n) is 2.84. The van der Waals surface area contributed by atoms with Crippen molar-refractivity contribution in [3.8, 4) is 5.88 Å². The average Bonchev–Trinajstić information content (AvgIpc) is 2.45. The molecule has 2 rings (SSSR count). The Hall–Kier alpha value is -0.130. The molecule has 0 saturated heterocycles. The Morgan fingerprint density at radius 1 is 1.38 bits per heavy atom. The first-order valence-corrected chi connectivity index (χ1v) is 6.86. The molecule has 3 nitrogen and oxygen atoms in total. The summed E-state index contributed by atoms with van der Waals surface area (Å²) in [5.41, 5.74) is 2.42. The number of ether oxygens (including phenoxy) is 1. The van der Waals surface area contributed by atoms with Crippen LogP contribution in [0.2, 0.25) is 0 Å². The second-order valence-corrected chi connectivity index (χ2v) is 5.55. The minimum absolute atomic E-state index is 0.460. The van der Waals surface area contributed by atoms with Gasteiger partial charge in [-0.15, -0.1) is 0 Å². The summed E-state index contributed by atoms with van der Waals surface area (Å²) in [5, 5.41) is 3.41. The lowest BCUT2D eigenvalue weighted by Gasteiger charge is -2.16. The number of aromatic nitrogens is 1. The van der Waals surface area contributed by atoms with E-state index in [4.69, 9.17) is 4.74 Å². The minimum Gasteiger partial charge on any atom is -0.480 e. The first-order chi connectivity index (χ1) is 7.65. The summed E-state index contributed by atoms with van der Waals surface area (Å²) in [6.45, 7) is 4.18. The molecule has 0 aliphatic carbocycles. The molecule has 0 saturated carbocycles. The van der Waals surface area contributed by atoms with Crippen LogP contribution in [0.15, 0.2) is 8.95 Å². The van der Waals surface area contributed by atoms with Gasteiger partial charge in [-0.3, -0.25) is 0 Å². The molecule has 1 aliphatic heterocycles. The highest BCUT2D eigenvalue weighted by Crippen LogP contribution is 2.39. The number of rotatable bonds is 1. The smallest absolute Gasteiger partial charge is 0.229 e. The van der Waals surface area contributed by atoms with Crippen molar-refractivity contribution in [3.05, 3.63) is 20.2 Å². The van der Waals surface area contributed by atoms with Crippen molar-refractivity contribution in [1.82, 2.24) is 10.3 Å². The number of nitrogens with zero attached hydrogens (tertiary/aromatic N) is 1. The highest BCUT2D eigenvalue weighted by Gasteiger charge is 2.22. The third kappa shape index (κ3) is 2.13. The summed E-state index contributed by atoms with van der Waals surface area (Å²) in [7, 11) is 1.64. The Morgan fingerprint density at radius 2 is 2.12 bits per heavy atom. The van der Waals surface area contributed by atoms with Crippen molar-refractivity contribution in [3.63, 3.8) is 0 Å². The molecule has 0 aromatic carbocycles. The van der Waals surface area contributed by atoms with Gasteiger partial charge in [0.1, 0.15) is 0 Å². The van der Waals surface area contributed by atoms with Crippen LogP contribution in [0, 0.1) is 0 Å².